The minimum atomic E-state index is -0.0123. The number of fused-ring (bicyclic) bond motifs is 1. The van der Waals surface area contributed by atoms with Crippen LogP contribution in [-0.4, -0.2) is 42.3 Å². The maximum Gasteiger partial charge on any atom is 0.239 e. The first-order valence-electron chi connectivity index (χ1n) is 12.5. The predicted molar refractivity (Wildman–Crippen MR) is 151 cm³/mol. The summed E-state index contributed by atoms with van der Waals surface area (Å²) in [5, 5.41) is 14.5. The lowest BCUT2D eigenvalue weighted by molar-refractivity contribution is -0.135. The first-order valence-corrected chi connectivity index (χ1v) is 12.5. The number of rotatable bonds is 8. The molecule has 0 saturated carbocycles. The molecule has 9 nitrogen and oxygen atoms in total. The molecule has 1 fully saturated rings. The molecule has 1 saturated heterocycles. The highest BCUT2D eigenvalue weighted by Crippen LogP contribution is 2.24. The Hall–Kier alpha value is -3.80. The van der Waals surface area contributed by atoms with Crippen LogP contribution in [0.5, 0.6) is 0 Å². The fourth-order valence-corrected chi connectivity index (χ4v) is 3.67. The molecule has 0 aliphatic carbocycles. The van der Waals surface area contributed by atoms with E-state index < -0.39 is 0 Å². The number of furan rings is 1. The molecular formula is C27H46N6O3. The minimum absolute atomic E-state index is 0. The van der Waals surface area contributed by atoms with E-state index in [0.717, 1.165) is 55.5 Å². The SMILES string of the molecule is C=C.CCCCCCNC(=O)CN1CCCCCC1=O.Cc1cc2cc(N=C(N)NC#N)ccc2o1.[HH].[HH].[HH]. The second-order valence-electron chi connectivity index (χ2n) is 8.35. The molecular weight excluding hydrogens is 456 g/mol. The molecule has 2 heterocycles. The molecule has 9 heteroatoms. The lowest BCUT2D eigenvalue weighted by Crippen LogP contribution is -2.40. The summed E-state index contributed by atoms with van der Waals surface area (Å²) in [6, 6.07) is 7.36. The van der Waals surface area contributed by atoms with Gasteiger partial charge in [-0.25, -0.2) is 4.99 Å². The van der Waals surface area contributed by atoms with Crippen LogP contribution in [-0.2, 0) is 9.59 Å². The zero-order chi connectivity index (χ0) is 26.8. The lowest BCUT2D eigenvalue weighted by Gasteiger charge is -2.19. The van der Waals surface area contributed by atoms with E-state index in [-0.39, 0.29) is 28.6 Å². The van der Waals surface area contributed by atoms with Crippen molar-refractivity contribution in [3.63, 3.8) is 0 Å². The maximum absolute atomic E-state index is 11.7. The van der Waals surface area contributed by atoms with Gasteiger partial charge in [-0.2, -0.15) is 5.26 Å². The van der Waals surface area contributed by atoms with Gasteiger partial charge in [0.15, 0.2) is 6.19 Å². The number of carbonyl (C=O) groups is 2. The van der Waals surface area contributed by atoms with Crippen molar-refractivity contribution in [3.8, 4) is 6.19 Å². The number of nitriles is 1. The highest BCUT2D eigenvalue weighted by Gasteiger charge is 2.18. The van der Waals surface area contributed by atoms with E-state index in [1.807, 2.05) is 25.1 Å². The topological polar surface area (TPSA) is 137 Å². The summed E-state index contributed by atoms with van der Waals surface area (Å²) in [7, 11) is 0. The number of carbonyl (C=O) groups excluding carboxylic acids is 2. The largest absolute Gasteiger partial charge is 0.461 e. The van der Waals surface area contributed by atoms with E-state index >= 15 is 0 Å². The Morgan fingerprint density at radius 2 is 2.03 bits per heavy atom. The van der Waals surface area contributed by atoms with Crippen LogP contribution in [0.3, 0.4) is 0 Å². The van der Waals surface area contributed by atoms with Crippen LogP contribution in [0.25, 0.3) is 11.0 Å². The van der Waals surface area contributed by atoms with E-state index in [1.54, 1.807) is 17.2 Å². The summed E-state index contributed by atoms with van der Waals surface area (Å²) < 4.78 is 5.43. The summed E-state index contributed by atoms with van der Waals surface area (Å²) in [4.78, 5) is 29.1. The van der Waals surface area contributed by atoms with Gasteiger partial charge in [0, 0.05) is 29.2 Å². The van der Waals surface area contributed by atoms with Crippen LogP contribution in [0.15, 0.2) is 46.8 Å². The molecule has 0 radical (unpaired) electrons. The van der Waals surface area contributed by atoms with Crippen LogP contribution in [0.4, 0.5) is 5.69 Å². The van der Waals surface area contributed by atoms with Crippen molar-refractivity contribution in [1.29, 1.82) is 5.26 Å². The average molecular weight is 503 g/mol. The summed E-state index contributed by atoms with van der Waals surface area (Å²) in [5.74, 6) is 1.04. The molecule has 1 aromatic heterocycles. The van der Waals surface area contributed by atoms with Gasteiger partial charge in [-0.1, -0.05) is 32.6 Å². The van der Waals surface area contributed by atoms with Crippen LogP contribution in [0, 0.1) is 18.4 Å². The Morgan fingerprint density at radius 3 is 2.75 bits per heavy atom. The molecule has 1 aromatic carbocycles. The van der Waals surface area contributed by atoms with Crippen molar-refractivity contribution in [2.75, 3.05) is 19.6 Å². The second-order valence-corrected chi connectivity index (χ2v) is 8.35. The molecule has 4 N–H and O–H groups in total. The molecule has 202 valence electrons. The number of guanidine groups is 1. The highest BCUT2D eigenvalue weighted by molar-refractivity contribution is 5.86. The minimum Gasteiger partial charge on any atom is -0.461 e. The van der Waals surface area contributed by atoms with Crippen LogP contribution >= 0.6 is 0 Å². The van der Waals surface area contributed by atoms with Crippen LogP contribution in [0.1, 0.15) is 68.3 Å². The molecule has 1 aliphatic rings. The van der Waals surface area contributed by atoms with Crippen molar-refractivity contribution in [1.82, 2.24) is 15.5 Å². The number of hydrogen-bond acceptors (Lipinski definition) is 5. The van der Waals surface area contributed by atoms with E-state index in [1.165, 1.54) is 19.3 Å². The summed E-state index contributed by atoms with van der Waals surface area (Å²) in [6.07, 6.45) is 10.0. The Morgan fingerprint density at radius 1 is 1.25 bits per heavy atom. The third-order valence-electron chi connectivity index (χ3n) is 5.41. The number of amides is 2. The van der Waals surface area contributed by atoms with E-state index in [2.05, 4.69) is 35.7 Å². The fourth-order valence-electron chi connectivity index (χ4n) is 3.67. The van der Waals surface area contributed by atoms with Crippen molar-refractivity contribution >= 4 is 34.4 Å². The normalized spacial score (nSPS) is 13.4. The third kappa shape index (κ3) is 11.6. The number of hydrogen-bond donors (Lipinski definition) is 3. The van der Waals surface area contributed by atoms with E-state index in [4.69, 9.17) is 15.4 Å². The molecule has 0 atom stereocenters. The number of nitrogens with zero attached hydrogens (tertiary/aromatic N) is 3. The molecule has 36 heavy (non-hydrogen) atoms. The number of aryl methyl sites for hydroxylation is 1. The van der Waals surface area contributed by atoms with Gasteiger partial charge < -0.3 is 20.4 Å². The molecule has 2 amide bonds. The quantitative estimate of drug-likeness (QED) is 0.111. The van der Waals surface area contributed by atoms with Gasteiger partial charge in [0.05, 0.1) is 12.2 Å². The first-order chi connectivity index (χ1) is 17.4. The van der Waals surface area contributed by atoms with Crippen molar-refractivity contribution < 1.29 is 18.3 Å². The Bertz CT molecular complexity index is 1040. The average Bonchev–Trinajstić information content (AvgIpc) is 3.11. The zero-order valence-electron chi connectivity index (χ0n) is 21.6. The molecule has 0 bridgehead atoms. The number of aliphatic imine (C=N–C) groups is 1. The van der Waals surface area contributed by atoms with Crippen LogP contribution in [0.2, 0.25) is 0 Å². The summed E-state index contributed by atoms with van der Waals surface area (Å²) >= 11 is 0. The summed E-state index contributed by atoms with van der Waals surface area (Å²) in [5.41, 5.74) is 6.94. The van der Waals surface area contributed by atoms with Crippen molar-refractivity contribution in [2.45, 2.75) is 65.2 Å². The number of nitrogens with one attached hydrogen (secondary N) is 2. The number of nitrogens with two attached hydrogens (primary N) is 1. The van der Waals surface area contributed by atoms with Crippen molar-refractivity contribution in [2.24, 2.45) is 10.7 Å². The maximum atomic E-state index is 11.7. The van der Waals surface area contributed by atoms with Gasteiger partial charge in [-0.05, 0) is 50.5 Å². The predicted octanol–water partition coefficient (Wildman–Crippen LogP) is 5.38. The number of benzene rings is 1. The van der Waals surface area contributed by atoms with Gasteiger partial charge in [0.1, 0.15) is 11.3 Å². The molecule has 3 rings (SSSR count). The molecule has 0 spiro atoms. The van der Waals surface area contributed by atoms with Gasteiger partial charge in [-0.15, -0.1) is 13.2 Å². The third-order valence-corrected chi connectivity index (χ3v) is 5.41. The summed E-state index contributed by atoms with van der Waals surface area (Å²) in [6.45, 7) is 11.8. The smallest absolute Gasteiger partial charge is 0.239 e. The van der Waals surface area contributed by atoms with Gasteiger partial charge in [0.2, 0.25) is 17.8 Å². The van der Waals surface area contributed by atoms with Crippen molar-refractivity contribution in [3.05, 3.63) is 43.2 Å². The van der Waals surface area contributed by atoms with Gasteiger partial charge in [-0.3, -0.25) is 14.9 Å². The number of likely N-dealkylation sites (tertiary alicyclic amines) is 1. The Labute approximate surface area is 218 Å². The number of unbranched alkanes of at least 4 members (excludes halogenated alkanes) is 3. The van der Waals surface area contributed by atoms with Crippen LogP contribution < -0.4 is 16.4 Å². The molecule has 0 unspecified atom stereocenters. The first kappa shape index (κ1) is 30.2. The van der Waals surface area contributed by atoms with Gasteiger partial charge >= 0.3 is 0 Å². The standard InChI is InChI=1S/C14H26N2O2.C11H10N4O.C2H4.3H2/c1-2-3-4-7-10-15-13(17)12-16-11-8-5-6-9-14(16)18;1-7-4-8-5-9(2-3-10(8)16-7)15-11(13)14-6-12;1-2;;;/h2-12H2,1H3,(H,15,17);2-5H,1H3,(H3,13,14,15);1-2H2;3*1H. The molecule has 1 aliphatic heterocycles. The Balaban J connectivity index is -0.000000584. The highest BCUT2D eigenvalue weighted by atomic mass is 16.3. The van der Waals surface area contributed by atoms with E-state index in [9.17, 15) is 9.59 Å². The monoisotopic (exact) mass is 502 g/mol. The van der Waals surface area contributed by atoms with E-state index in [0.29, 0.717) is 12.1 Å². The van der Waals surface area contributed by atoms with Gasteiger partial charge in [0.25, 0.3) is 0 Å². The fraction of sp³-hybridized carbons (Fsp3) is 0.481. The zero-order valence-corrected chi connectivity index (χ0v) is 21.6. The Kier molecular flexibility index (Phi) is 14.8. The lowest BCUT2D eigenvalue weighted by atomic mass is 10.2. The second kappa shape index (κ2) is 17.6. The molecule has 2 aromatic rings.